The molecule has 0 aromatic heterocycles. The van der Waals surface area contributed by atoms with Crippen molar-refractivity contribution in [3.05, 3.63) is 52.3 Å². The quantitative estimate of drug-likeness (QED) is 0.586. The number of amides is 2. The first-order valence-electron chi connectivity index (χ1n) is 8.61. The van der Waals surface area contributed by atoms with Crippen LogP contribution in [0.25, 0.3) is 0 Å². The lowest BCUT2D eigenvalue weighted by atomic mass is 10.1. The molecule has 0 spiro atoms. The lowest BCUT2D eigenvalue weighted by molar-refractivity contribution is -0.384. The van der Waals surface area contributed by atoms with Gasteiger partial charge in [-0.2, -0.15) is 0 Å². The van der Waals surface area contributed by atoms with E-state index in [2.05, 4.69) is 5.32 Å². The smallest absolute Gasteiger partial charge is 0.271 e. The zero-order chi connectivity index (χ0) is 21.1. The number of anilines is 2. The minimum absolute atomic E-state index is 0.0594. The van der Waals surface area contributed by atoms with Gasteiger partial charge in [-0.3, -0.25) is 19.7 Å². The summed E-state index contributed by atoms with van der Waals surface area (Å²) < 4.78 is 24.4. The van der Waals surface area contributed by atoms with Crippen molar-refractivity contribution in [3.63, 3.8) is 0 Å². The minimum atomic E-state index is -0.804. The van der Waals surface area contributed by atoms with E-state index in [0.717, 1.165) is 18.2 Å². The van der Waals surface area contributed by atoms with Gasteiger partial charge in [0.25, 0.3) is 5.69 Å². The number of methoxy groups -OCH3 is 2. The standard InChI is InChI=1S/C19H18FN3O6/c1-28-13-4-6-16(17(9-13)29-2)22-10-11(7-18(22)24)19(25)21-15-8-12(23(26)27)3-5-14(15)20/h3-6,8-9,11H,7,10H2,1-2H3,(H,21,25)/t11-/m0/s1. The molecule has 1 aliphatic rings. The number of nitro groups is 1. The molecule has 0 unspecified atom stereocenters. The molecule has 2 aromatic carbocycles. The van der Waals surface area contributed by atoms with Crippen molar-refractivity contribution in [1.29, 1.82) is 0 Å². The summed E-state index contributed by atoms with van der Waals surface area (Å²) in [6, 6.07) is 7.78. The third kappa shape index (κ3) is 4.10. The summed E-state index contributed by atoms with van der Waals surface area (Å²) in [5.74, 6) is -1.51. The van der Waals surface area contributed by atoms with E-state index in [1.807, 2.05) is 0 Å². The van der Waals surface area contributed by atoms with Gasteiger partial charge in [0.15, 0.2) is 0 Å². The van der Waals surface area contributed by atoms with Gasteiger partial charge >= 0.3 is 0 Å². The number of hydrogen-bond donors (Lipinski definition) is 1. The van der Waals surface area contributed by atoms with Crippen LogP contribution < -0.4 is 19.7 Å². The van der Waals surface area contributed by atoms with Crippen LogP contribution >= 0.6 is 0 Å². The number of hydrogen-bond acceptors (Lipinski definition) is 6. The fraction of sp³-hybridized carbons (Fsp3) is 0.263. The monoisotopic (exact) mass is 403 g/mol. The number of carbonyl (C=O) groups excluding carboxylic acids is 2. The Morgan fingerprint density at radius 1 is 1.24 bits per heavy atom. The summed E-state index contributed by atoms with van der Waals surface area (Å²) in [5, 5.41) is 13.2. The largest absolute Gasteiger partial charge is 0.497 e. The van der Waals surface area contributed by atoms with Gasteiger partial charge in [0.2, 0.25) is 11.8 Å². The highest BCUT2D eigenvalue weighted by Gasteiger charge is 2.36. The van der Waals surface area contributed by atoms with Crippen LogP contribution in [0.4, 0.5) is 21.5 Å². The van der Waals surface area contributed by atoms with Crippen molar-refractivity contribution >= 4 is 28.9 Å². The van der Waals surface area contributed by atoms with Crippen molar-refractivity contribution in [3.8, 4) is 11.5 Å². The highest BCUT2D eigenvalue weighted by Crippen LogP contribution is 2.36. The van der Waals surface area contributed by atoms with Crippen LogP contribution in [0.1, 0.15) is 6.42 Å². The number of nitrogens with one attached hydrogen (secondary N) is 1. The number of rotatable bonds is 6. The predicted molar refractivity (Wildman–Crippen MR) is 102 cm³/mol. The van der Waals surface area contributed by atoms with Gasteiger partial charge in [0.05, 0.1) is 36.4 Å². The number of ether oxygens (including phenoxy) is 2. The lowest BCUT2D eigenvalue weighted by Gasteiger charge is -2.20. The number of nitrogens with zero attached hydrogens (tertiary/aromatic N) is 2. The van der Waals surface area contributed by atoms with Gasteiger partial charge in [0, 0.05) is 31.2 Å². The fourth-order valence-corrected chi connectivity index (χ4v) is 3.08. The second-order valence-corrected chi connectivity index (χ2v) is 6.35. The first kappa shape index (κ1) is 20.1. The number of non-ortho nitro benzene ring substituents is 1. The molecule has 1 atom stereocenters. The van der Waals surface area contributed by atoms with Gasteiger partial charge in [-0.1, -0.05) is 0 Å². The summed E-state index contributed by atoms with van der Waals surface area (Å²) >= 11 is 0. The predicted octanol–water partition coefficient (Wildman–Crippen LogP) is 2.74. The van der Waals surface area contributed by atoms with E-state index in [1.165, 1.54) is 19.1 Å². The van der Waals surface area contributed by atoms with Crippen molar-refractivity contribution in [2.75, 3.05) is 31.0 Å². The Balaban J connectivity index is 1.78. The van der Waals surface area contributed by atoms with Gasteiger partial charge in [-0.25, -0.2) is 4.39 Å². The lowest BCUT2D eigenvalue weighted by Crippen LogP contribution is -2.28. The third-order valence-corrected chi connectivity index (χ3v) is 4.59. The zero-order valence-corrected chi connectivity index (χ0v) is 15.7. The molecule has 29 heavy (non-hydrogen) atoms. The second kappa shape index (κ2) is 8.13. The summed E-state index contributed by atoms with van der Waals surface area (Å²) in [7, 11) is 2.96. The van der Waals surface area contributed by atoms with Crippen molar-refractivity contribution in [2.45, 2.75) is 6.42 Å². The number of carbonyl (C=O) groups is 2. The highest BCUT2D eigenvalue weighted by molar-refractivity contribution is 6.04. The molecule has 1 saturated heterocycles. The Bertz CT molecular complexity index is 980. The molecule has 0 saturated carbocycles. The summed E-state index contributed by atoms with van der Waals surface area (Å²) in [5.41, 5.74) is -0.180. The molecule has 3 rings (SSSR count). The van der Waals surface area contributed by atoms with Crippen LogP contribution in [0.3, 0.4) is 0 Å². The van der Waals surface area contributed by atoms with Crippen LogP contribution in [0.15, 0.2) is 36.4 Å². The molecule has 2 amide bonds. The molecule has 1 heterocycles. The second-order valence-electron chi connectivity index (χ2n) is 6.35. The average Bonchev–Trinajstić information content (AvgIpc) is 3.10. The van der Waals surface area contributed by atoms with E-state index >= 15 is 0 Å². The Morgan fingerprint density at radius 2 is 2.00 bits per heavy atom. The molecule has 10 heteroatoms. The molecule has 1 fully saturated rings. The van der Waals surface area contributed by atoms with Gasteiger partial charge in [-0.05, 0) is 18.2 Å². The van der Waals surface area contributed by atoms with Gasteiger partial charge in [-0.15, -0.1) is 0 Å². The minimum Gasteiger partial charge on any atom is -0.497 e. The molecule has 9 nitrogen and oxygen atoms in total. The summed E-state index contributed by atoms with van der Waals surface area (Å²) in [6.45, 7) is 0.0594. The maximum absolute atomic E-state index is 13.9. The molecule has 0 radical (unpaired) electrons. The SMILES string of the molecule is COc1ccc(N2C[C@@H](C(=O)Nc3cc([N+](=O)[O-])ccc3F)CC2=O)c(OC)c1. The van der Waals surface area contributed by atoms with E-state index in [-0.39, 0.29) is 30.2 Å². The molecule has 1 aliphatic heterocycles. The topological polar surface area (TPSA) is 111 Å². The van der Waals surface area contributed by atoms with Crippen molar-refractivity contribution < 1.29 is 28.4 Å². The Hall–Kier alpha value is -3.69. The van der Waals surface area contributed by atoms with Crippen LogP contribution in [-0.2, 0) is 9.59 Å². The van der Waals surface area contributed by atoms with Crippen LogP contribution in [0.5, 0.6) is 11.5 Å². The molecule has 2 aromatic rings. The highest BCUT2D eigenvalue weighted by atomic mass is 19.1. The zero-order valence-electron chi connectivity index (χ0n) is 15.7. The third-order valence-electron chi connectivity index (χ3n) is 4.59. The van der Waals surface area contributed by atoms with Crippen molar-refractivity contribution in [1.82, 2.24) is 0 Å². The molecule has 0 bridgehead atoms. The fourth-order valence-electron chi connectivity index (χ4n) is 3.08. The van der Waals surface area contributed by atoms with Crippen molar-refractivity contribution in [2.24, 2.45) is 5.92 Å². The summed E-state index contributed by atoms with van der Waals surface area (Å²) in [4.78, 5) is 36.6. The molecular formula is C19H18FN3O6. The normalized spacial score (nSPS) is 15.9. The van der Waals surface area contributed by atoms with E-state index in [0.29, 0.717) is 17.2 Å². The Morgan fingerprint density at radius 3 is 2.66 bits per heavy atom. The summed E-state index contributed by atoms with van der Waals surface area (Å²) in [6.07, 6.45) is -0.0858. The van der Waals surface area contributed by atoms with E-state index in [9.17, 15) is 24.1 Å². The number of nitro benzene ring substituents is 1. The molecule has 1 N–H and O–H groups in total. The maximum Gasteiger partial charge on any atom is 0.271 e. The molecular weight excluding hydrogens is 385 g/mol. The van der Waals surface area contributed by atoms with Gasteiger partial charge in [0.1, 0.15) is 17.3 Å². The maximum atomic E-state index is 13.9. The first-order valence-corrected chi connectivity index (χ1v) is 8.61. The molecule has 152 valence electrons. The average molecular weight is 403 g/mol. The Labute approximate surface area is 165 Å². The first-order chi connectivity index (χ1) is 13.8. The Kier molecular flexibility index (Phi) is 5.62. The van der Waals surface area contributed by atoms with E-state index in [1.54, 1.807) is 18.2 Å². The van der Waals surface area contributed by atoms with E-state index in [4.69, 9.17) is 9.47 Å². The van der Waals surface area contributed by atoms with E-state index < -0.39 is 22.6 Å². The van der Waals surface area contributed by atoms with Crippen LogP contribution in [0.2, 0.25) is 0 Å². The van der Waals surface area contributed by atoms with Gasteiger partial charge < -0.3 is 19.7 Å². The van der Waals surface area contributed by atoms with Crippen LogP contribution in [0, 0.1) is 21.8 Å². The number of benzene rings is 2. The van der Waals surface area contributed by atoms with Crippen LogP contribution in [-0.4, -0.2) is 37.5 Å². The number of halogens is 1. The molecule has 0 aliphatic carbocycles.